The predicted molar refractivity (Wildman–Crippen MR) is 94.9 cm³/mol. The summed E-state index contributed by atoms with van der Waals surface area (Å²) in [4.78, 5) is 48.1. The van der Waals surface area contributed by atoms with Crippen LogP contribution in [0.1, 0.15) is 11.3 Å². The summed E-state index contributed by atoms with van der Waals surface area (Å²) in [5, 5.41) is 11.0. The Kier molecular flexibility index (Phi) is 6.07. The van der Waals surface area contributed by atoms with Crippen LogP contribution in [0.4, 0.5) is 5.69 Å². The molecule has 0 unspecified atom stereocenters. The number of nitrogens with one attached hydrogen (secondary N) is 2. The van der Waals surface area contributed by atoms with E-state index in [1.807, 2.05) is 0 Å². The minimum atomic E-state index is -1.09. The van der Waals surface area contributed by atoms with E-state index in [1.165, 1.54) is 19.3 Å². The number of halogens is 1. The topological polar surface area (TPSA) is 144 Å². The molecule has 0 radical (unpaired) electrons. The van der Waals surface area contributed by atoms with Gasteiger partial charge in [0, 0.05) is 0 Å². The lowest BCUT2D eigenvalue weighted by Gasteiger charge is -2.07. The molecule has 0 aliphatic carbocycles. The van der Waals surface area contributed by atoms with Crippen molar-refractivity contribution in [1.82, 2.24) is 9.97 Å². The maximum absolute atomic E-state index is 11.6. The van der Waals surface area contributed by atoms with E-state index in [1.54, 1.807) is 23.2 Å². The van der Waals surface area contributed by atoms with Crippen LogP contribution >= 0.6 is 15.9 Å². The van der Waals surface area contributed by atoms with Crippen molar-refractivity contribution < 1.29 is 19.2 Å². The van der Waals surface area contributed by atoms with Gasteiger partial charge in [-0.2, -0.15) is 0 Å². The molecule has 0 saturated carbocycles. The Labute approximate surface area is 153 Å². The second-order valence-electron chi connectivity index (χ2n) is 4.82. The van der Waals surface area contributed by atoms with Gasteiger partial charge in [-0.3, -0.25) is 19.9 Å². The summed E-state index contributed by atoms with van der Waals surface area (Å²) in [7, 11) is 1.24. The Balaban J connectivity index is 2.28. The van der Waals surface area contributed by atoms with Gasteiger partial charge in [0.2, 0.25) is 0 Å². The van der Waals surface area contributed by atoms with Gasteiger partial charge in [0.15, 0.2) is 6.61 Å². The van der Waals surface area contributed by atoms with E-state index < -0.39 is 27.8 Å². The molecule has 0 aliphatic heterocycles. The van der Waals surface area contributed by atoms with Crippen molar-refractivity contribution in [1.29, 1.82) is 0 Å². The molecular weight excluding hydrogens is 414 g/mol. The number of benzene rings is 1. The van der Waals surface area contributed by atoms with Crippen LogP contribution < -0.4 is 16.0 Å². The molecule has 136 valence electrons. The van der Waals surface area contributed by atoms with Crippen molar-refractivity contribution in [2.45, 2.75) is 0 Å². The standard InChI is InChI=1S/C15H12BrN3O7/c1-25-12(20)7-26-11-5-3-8(6-9(11)16)2-4-10-13(19(23)24)14(21)18-15(22)17-10/h2-6H,7H2,1H3,(H2,17,18,21,22). The van der Waals surface area contributed by atoms with Gasteiger partial charge < -0.3 is 14.5 Å². The quantitative estimate of drug-likeness (QED) is 0.404. The highest BCUT2D eigenvalue weighted by Gasteiger charge is 2.18. The van der Waals surface area contributed by atoms with Crippen molar-refractivity contribution in [2.75, 3.05) is 13.7 Å². The van der Waals surface area contributed by atoms with Gasteiger partial charge in [0.25, 0.3) is 0 Å². The lowest BCUT2D eigenvalue weighted by molar-refractivity contribution is -0.386. The van der Waals surface area contributed by atoms with E-state index in [0.717, 1.165) is 0 Å². The van der Waals surface area contributed by atoms with E-state index in [0.29, 0.717) is 15.8 Å². The van der Waals surface area contributed by atoms with Crippen LogP contribution in [-0.2, 0) is 9.53 Å². The molecule has 1 heterocycles. The molecule has 10 nitrogen and oxygen atoms in total. The Hall–Kier alpha value is -3.21. The first-order chi connectivity index (χ1) is 12.3. The Morgan fingerprint density at radius 3 is 2.65 bits per heavy atom. The van der Waals surface area contributed by atoms with Gasteiger partial charge in [-0.15, -0.1) is 0 Å². The number of nitrogens with zero attached hydrogens (tertiary/aromatic N) is 1. The van der Waals surface area contributed by atoms with E-state index in [9.17, 15) is 24.5 Å². The van der Waals surface area contributed by atoms with E-state index >= 15 is 0 Å². The van der Waals surface area contributed by atoms with Crippen molar-refractivity contribution >= 4 is 39.7 Å². The molecule has 0 aliphatic rings. The summed E-state index contributed by atoms with van der Waals surface area (Å²) < 4.78 is 10.3. The molecule has 0 fully saturated rings. The monoisotopic (exact) mass is 425 g/mol. The third-order valence-electron chi connectivity index (χ3n) is 3.10. The van der Waals surface area contributed by atoms with Gasteiger partial charge in [0.05, 0.1) is 16.5 Å². The lowest BCUT2D eigenvalue weighted by atomic mass is 10.2. The number of hydrogen-bond donors (Lipinski definition) is 2. The molecule has 2 aromatic rings. The van der Waals surface area contributed by atoms with Gasteiger partial charge in [-0.1, -0.05) is 12.1 Å². The molecule has 0 spiro atoms. The highest BCUT2D eigenvalue weighted by Crippen LogP contribution is 2.27. The van der Waals surface area contributed by atoms with Gasteiger partial charge >= 0.3 is 22.9 Å². The van der Waals surface area contributed by atoms with Crippen LogP contribution in [0.25, 0.3) is 12.2 Å². The number of ether oxygens (including phenoxy) is 2. The zero-order valence-corrected chi connectivity index (χ0v) is 14.9. The Morgan fingerprint density at radius 1 is 1.31 bits per heavy atom. The fourth-order valence-corrected chi connectivity index (χ4v) is 2.42. The number of nitro groups is 1. The third kappa shape index (κ3) is 4.66. The second-order valence-corrected chi connectivity index (χ2v) is 5.67. The smallest absolute Gasteiger partial charge is 0.357 e. The number of H-pyrrole nitrogens is 2. The average Bonchev–Trinajstić information content (AvgIpc) is 2.57. The Morgan fingerprint density at radius 2 is 2.04 bits per heavy atom. The first-order valence-electron chi connectivity index (χ1n) is 7.00. The summed E-state index contributed by atoms with van der Waals surface area (Å²) in [5.41, 5.74) is -2.35. The lowest BCUT2D eigenvalue weighted by Crippen LogP contribution is -2.25. The van der Waals surface area contributed by atoms with Gasteiger partial charge in [0.1, 0.15) is 11.4 Å². The Bertz CT molecular complexity index is 993. The third-order valence-corrected chi connectivity index (χ3v) is 3.72. The average molecular weight is 426 g/mol. The summed E-state index contributed by atoms with van der Waals surface area (Å²) >= 11 is 3.27. The van der Waals surface area contributed by atoms with Crippen LogP contribution in [-0.4, -0.2) is 34.6 Å². The van der Waals surface area contributed by atoms with Crippen LogP contribution in [0.15, 0.2) is 32.3 Å². The predicted octanol–water partition coefficient (Wildman–Crippen LogP) is 1.46. The van der Waals surface area contributed by atoms with Crippen LogP contribution in [0.5, 0.6) is 5.75 Å². The number of carbonyl (C=O) groups excluding carboxylic acids is 1. The zero-order chi connectivity index (χ0) is 19.3. The summed E-state index contributed by atoms with van der Waals surface area (Å²) in [6.07, 6.45) is 2.71. The minimum absolute atomic E-state index is 0.231. The van der Waals surface area contributed by atoms with Crippen LogP contribution in [0.2, 0.25) is 0 Å². The van der Waals surface area contributed by atoms with Gasteiger partial charge in [-0.25, -0.2) is 9.59 Å². The number of aromatic amines is 2. The number of methoxy groups -OCH3 is 1. The van der Waals surface area contributed by atoms with Crippen LogP contribution in [0, 0.1) is 10.1 Å². The molecular formula is C15H12BrN3O7. The first-order valence-corrected chi connectivity index (χ1v) is 7.79. The van der Waals surface area contributed by atoms with E-state index in [4.69, 9.17) is 4.74 Å². The highest BCUT2D eigenvalue weighted by atomic mass is 79.9. The van der Waals surface area contributed by atoms with Crippen molar-refractivity contribution in [2.24, 2.45) is 0 Å². The summed E-state index contributed by atoms with van der Waals surface area (Å²) in [5.74, 6) is -0.144. The van der Waals surface area contributed by atoms with Crippen LogP contribution in [0.3, 0.4) is 0 Å². The second kappa shape index (κ2) is 8.25. The zero-order valence-electron chi connectivity index (χ0n) is 13.3. The summed E-state index contributed by atoms with van der Waals surface area (Å²) in [6, 6.07) is 4.81. The number of rotatable bonds is 6. The summed E-state index contributed by atoms with van der Waals surface area (Å²) in [6.45, 7) is -0.259. The first kappa shape index (κ1) is 19.1. The largest absolute Gasteiger partial charge is 0.481 e. The van der Waals surface area contributed by atoms with E-state index in [2.05, 4.69) is 25.7 Å². The maximum atomic E-state index is 11.6. The molecule has 2 N–H and O–H groups in total. The number of aromatic nitrogens is 2. The number of esters is 1. The molecule has 26 heavy (non-hydrogen) atoms. The molecule has 2 rings (SSSR count). The SMILES string of the molecule is COC(=O)COc1ccc(C=Cc2[nH]c(=O)[nH]c(=O)c2[N+](=O)[O-])cc1Br. The fourth-order valence-electron chi connectivity index (χ4n) is 1.91. The van der Waals surface area contributed by atoms with Crippen molar-refractivity contribution in [3.05, 3.63) is 64.9 Å². The molecule has 0 atom stereocenters. The number of hydrogen-bond acceptors (Lipinski definition) is 7. The molecule has 1 aromatic heterocycles. The molecule has 11 heteroatoms. The minimum Gasteiger partial charge on any atom is -0.481 e. The molecule has 0 amide bonds. The maximum Gasteiger partial charge on any atom is 0.357 e. The highest BCUT2D eigenvalue weighted by molar-refractivity contribution is 9.10. The van der Waals surface area contributed by atoms with Crippen molar-refractivity contribution in [3.63, 3.8) is 0 Å². The van der Waals surface area contributed by atoms with E-state index in [-0.39, 0.29) is 12.3 Å². The number of carbonyl (C=O) groups is 1. The van der Waals surface area contributed by atoms with Crippen molar-refractivity contribution in [3.8, 4) is 5.75 Å². The van der Waals surface area contributed by atoms with Gasteiger partial charge in [-0.05, 0) is 39.7 Å². The normalized spacial score (nSPS) is 10.7. The molecule has 1 aromatic carbocycles. The molecule has 0 saturated heterocycles. The fraction of sp³-hybridized carbons (Fsp3) is 0.133. The molecule has 0 bridgehead atoms.